The van der Waals surface area contributed by atoms with Gasteiger partial charge in [0.05, 0.1) is 9.52 Å². The van der Waals surface area contributed by atoms with Gasteiger partial charge >= 0.3 is 0 Å². The molecule has 3 heteroatoms. The lowest BCUT2D eigenvalue weighted by Crippen LogP contribution is -2.34. The molecular weight excluding hydrogens is 324 g/mol. The first-order valence-corrected chi connectivity index (χ1v) is 10.2. The van der Waals surface area contributed by atoms with Crippen molar-refractivity contribution in [2.45, 2.75) is 52.7 Å². The zero-order chi connectivity index (χ0) is 18.7. The second-order valence-corrected chi connectivity index (χ2v) is 10.2. The van der Waals surface area contributed by atoms with E-state index in [2.05, 4.69) is 84.5 Å². The molecule has 0 spiro atoms. The van der Waals surface area contributed by atoms with E-state index in [-0.39, 0.29) is 11.2 Å². The maximum Gasteiger partial charge on any atom is 0.161 e. The van der Waals surface area contributed by atoms with Crippen LogP contribution >= 0.6 is 0 Å². The summed E-state index contributed by atoms with van der Waals surface area (Å²) in [6, 6.07) is 14.8. The van der Waals surface area contributed by atoms with E-state index >= 15 is 0 Å². The van der Waals surface area contributed by atoms with E-state index in [1.54, 1.807) is 0 Å². The Balaban J connectivity index is 2.44. The second kappa shape index (κ2) is 7.48. The lowest BCUT2D eigenvalue weighted by Gasteiger charge is -2.28. The van der Waals surface area contributed by atoms with Crippen molar-refractivity contribution in [1.82, 2.24) is 0 Å². The van der Waals surface area contributed by atoms with Gasteiger partial charge in [0.2, 0.25) is 0 Å². The van der Waals surface area contributed by atoms with Crippen molar-refractivity contribution in [3.63, 3.8) is 0 Å². The fraction of sp³-hybridized carbons (Fsp3) is 0.364. The molecule has 0 atom stereocenters. The first-order valence-electron chi connectivity index (χ1n) is 8.79. The lowest BCUT2D eigenvalue weighted by atomic mass is 10.1. The van der Waals surface area contributed by atoms with Crippen LogP contribution in [-0.4, -0.2) is 20.7 Å². The number of ether oxygens (including phenoxy) is 2. The van der Waals surface area contributed by atoms with E-state index in [0.717, 1.165) is 17.1 Å². The quantitative estimate of drug-likeness (QED) is 0.760. The number of rotatable bonds is 5. The average molecular weight is 355 g/mol. The minimum Gasteiger partial charge on any atom is -0.484 e. The van der Waals surface area contributed by atoms with Crippen LogP contribution in [0, 0.1) is 0 Å². The predicted octanol–water partition coefficient (Wildman–Crippen LogP) is 3.80. The highest BCUT2D eigenvalue weighted by Gasteiger charge is 2.22. The highest BCUT2D eigenvalue weighted by atomic mass is 28.2. The number of para-hydroxylation sites is 1. The molecule has 2 nitrogen and oxygen atoms in total. The third-order valence-corrected chi connectivity index (χ3v) is 5.25. The molecule has 0 amide bonds. The average Bonchev–Trinajstić information content (AvgIpc) is 2.48. The molecule has 0 aliphatic carbocycles. The number of benzene rings is 2. The Kier molecular flexibility index (Phi) is 5.78. The predicted molar refractivity (Wildman–Crippen MR) is 112 cm³/mol. The van der Waals surface area contributed by atoms with Gasteiger partial charge in [0, 0.05) is 0 Å². The van der Waals surface area contributed by atoms with Gasteiger partial charge in [0.15, 0.2) is 11.5 Å². The Morgan fingerprint density at radius 3 is 2.12 bits per heavy atom. The second-order valence-electron chi connectivity index (χ2n) is 8.30. The molecule has 2 aromatic carbocycles. The smallest absolute Gasteiger partial charge is 0.161 e. The molecule has 0 aromatic heterocycles. The molecule has 0 saturated carbocycles. The van der Waals surface area contributed by atoms with Crippen molar-refractivity contribution >= 4 is 26.0 Å². The van der Waals surface area contributed by atoms with Crippen molar-refractivity contribution < 1.29 is 9.47 Å². The SMILES string of the molecule is C=Cc1cccc([SiH2]c2cccc(OC(C)(C)C)c2OC(C)(C)C)c1. The lowest BCUT2D eigenvalue weighted by molar-refractivity contribution is 0.0969. The summed E-state index contributed by atoms with van der Waals surface area (Å²) in [6.45, 7) is 16.3. The largest absolute Gasteiger partial charge is 0.484 e. The fourth-order valence-electron chi connectivity index (χ4n) is 2.58. The van der Waals surface area contributed by atoms with E-state index in [4.69, 9.17) is 9.47 Å². The van der Waals surface area contributed by atoms with E-state index < -0.39 is 9.52 Å². The van der Waals surface area contributed by atoms with Crippen LogP contribution in [0.3, 0.4) is 0 Å². The van der Waals surface area contributed by atoms with Crippen LogP contribution in [0.5, 0.6) is 11.5 Å². The summed E-state index contributed by atoms with van der Waals surface area (Å²) < 4.78 is 12.5. The topological polar surface area (TPSA) is 18.5 Å². The third-order valence-electron chi connectivity index (χ3n) is 3.47. The van der Waals surface area contributed by atoms with Crippen LogP contribution in [0.2, 0.25) is 0 Å². The Morgan fingerprint density at radius 1 is 0.880 bits per heavy atom. The molecule has 134 valence electrons. The van der Waals surface area contributed by atoms with E-state index in [0.29, 0.717) is 0 Å². The van der Waals surface area contributed by atoms with Gasteiger partial charge in [-0.1, -0.05) is 54.2 Å². The molecule has 0 bridgehead atoms. The van der Waals surface area contributed by atoms with Gasteiger partial charge in [0.1, 0.15) is 11.2 Å². The maximum absolute atomic E-state index is 6.33. The van der Waals surface area contributed by atoms with Gasteiger partial charge in [0.25, 0.3) is 0 Å². The van der Waals surface area contributed by atoms with Crippen molar-refractivity contribution in [3.8, 4) is 11.5 Å². The van der Waals surface area contributed by atoms with E-state index in [1.165, 1.54) is 10.4 Å². The fourth-order valence-corrected chi connectivity index (χ4v) is 4.28. The van der Waals surface area contributed by atoms with Crippen molar-refractivity contribution in [3.05, 3.63) is 54.6 Å². The Hall–Kier alpha value is -2.00. The Bertz CT molecular complexity index is 736. The zero-order valence-electron chi connectivity index (χ0n) is 16.3. The molecule has 0 saturated heterocycles. The van der Waals surface area contributed by atoms with Gasteiger partial charge in [-0.05, 0) is 58.4 Å². The highest BCUT2D eigenvalue weighted by molar-refractivity contribution is 6.68. The summed E-state index contributed by atoms with van der Waals surface area (Å²) in [5.41, 5.74) is 0.618. The summed E-state index contributed by atoms with van der Waals surface area (Å²) in [7, 11) is -0.690. The standard InChI is InChI=1S/C22H30O2Si/c1-8-16-11-9-12-17(15-16)25-19-14-10-13-18(23-21(2,3)4)20(19)24-22(5,6)7/h8-15H,1,25H2,2-7H3. The van der Waals surface area contributed by atoms with Crippen molar-refractivity contribution in [2.24, 2.45) is 0 Å². The van der Waals surface area contributed by atoms with Crippen molar-refractivity contribution in [1.29, 1.82) is 0 Å². The van der Waals surface area contributed by atoms with Gasteiger partial charge in [-0.2, -0.15) is 0 Å². The van der Waals surface area contributed by atoms with Crippen LogP contribution in [0.1, 0.15) is 47.1 Å². The van der Waals surface area contributed by atoms with Crippen LogP contribution < -0.4 is 19.8 Å². The Labute approximate surface area is 154 Å². The van der Waals surface area contributed by atoms with Gasteiger partial charge in [-0.25, -0.2) is 0 Å². The molecule has 2 aromatic rings. The summed E-state index contributed by atoms with van der Waals surface area (Å²) in [5.74, 6) is 1.72. The highest BCUT2D eigenvalue weighted by Crippen LogP contribution is 2.31. The molecule has 0 heterocycles. The van der Waals surface area contributed by atoms with Gasteiger partial charge < -0.3 is 9.47 Å². The van der Waals surface area contributed by atoms with E-state index in [9.17, 15) is 0 Å². The minimum atomic E-state index is -0.690. The third kappa shape index (κ3) is 6.09. The van der Waals surface area contributed by atoms with Crippen LogP contribution in [0.25, 0.3) is 6.08 Å². The van der Waals surface area contributed by atoms with Crippen LogP contribution in [0.4, 0.5) is 0 Å². The molecule has 25 heavy (non-hydrogen) atoms. The maximum atomic E-state index is 6.33. The zero-order valence-corrected chi connectivity index (χ0v) is 17.8. The molecule has 0 radical (unpaired) electrons. The van der Waals surface area contributed by atoms with Crippen LogP contribution in [0.15, 0.2) is 49.0 Å². The molecule has 0 unspecified atom stereocenters. The van der Waals surface area contributed by atoms with Gasteiger partial charge in [-0.15, -0.1) is 0 Å². The summed E-state index contributed by atoms with van der Waals surface area (Å²) in [4.78, 5) is 0. The summed E-state index contributed by atoms with van der Waals surface area (Å²) in [6.07, 6.45) is 1.89. The molecule has 0 aliphatic heterocycles. The molecule has 0 aliphatic rings. The minimum absolute atomic E-state index is 0.265. The first kappa shape index (κ1) is 19.3. The Morgan fingerprint density at radius 2 is 1.52 bits per heavy atom. The molecule has 2 rings (SSSR count). The first-order chi connectivity index (χ1) is 11.6. The molecular formula is C22H30O2Si. The van der Waals surface area contributed by atoms with Gasteiger partial charge in [-0.3, -0.25) is 0 Å². The summed E-state index contributed by atoms with van der Waals surface area (Å²) >= 11 is 0. The van der Waals surface area contributed by atoms with E-state index in [1.807, 2.05) is 12.1 Å². The number of hydrogen-bond acceptors (Lipinski definition) is 2. The van der Waals surface area contributed by atoms with Crippen LogP contribution in [-0.2, 0) is 0 Å². The molecule has 0 fully saturated rings. The normalized spacial score (nSPS) is 12.4. The number of hydrogen-bond donors (Lipinski definition) is 0. The van der Waals surface area contributed by atoms with Crippen molar-refractivity contribution in [2.75, 3.05) is 0 Å². The summed E-state index contributed by atoms with van der Waals surface area (Å²) in [5, 5.41) is 2.63. The monoisotopic (exact) mass is 354 g/mol. The molecule has 0 N–H and O–H groups in total.